The second kappa shape index (κ2) is 4.98. The lowest BCUT2D eigenvalue weighted by Crippen LogP contribution is -2.50. The van der Waals surface area contributed by atoms with Crippen molar-refractivity contribution >= 4 is 15.7 Å². The Kier molecular flexibility index (Phi) is 3.79. The van der Waals surface area contributed by atoms with Gasteiger partial charge in [-0.2, -0.15) is 4.31 Å². The largest absolute Gasteiger partial charge is 0.398 e. The van der Waals surface area contributed by atoms with Gasteiger partial charge < -0.3 is 10.5 Å². The van der Waals surface area contributed by atoms with Crippen LogP contribution in [0.4, 0.5) is 10.1 Å². The number of hydrogen-bond donors (Lipinski definition) is 1. The summed E-state index contributed by atoms with van der Waals surface area (Å²) in [6, 6.07) is 2.32. The monoisotopic (exact) mass is 302 g/mol. The highest BCUT2D eigenvalue weighted by atomic mass is 32.2. The van der Waals surface area contributed by atoms with Crippen molar-refractivity contribution < 1.29 is 17.5 Å². The van der Waals surface area contributed by atoms with Crippen LogP contribution in [0, 0.1) is 12.7 Å². The molecule has 0 aromatic heterocycles. The fraction of sp³-hybridized carbons (Fsp3) is 0.538. The lowest BCUT2D eigenvalue weighted by Gasteiger charge is -2.37. The predicted molar refractivity (Wildman–Crippen MR) is 74.3 cm³/mol. The first-order chi connectivity index (χ1) is 9.13. The van der Waals surface area contributed by atoms with E-state index in [2.05, 4.69) is 0 Å². The maximum absolute atomic E-state index is 13.7. The molecule has 20 heavy (non-hydrogen) atoms. The Morgan fingerprint density at radius 1 is 1.40 bits per heavy atom. The summed E-state index contributed by atoms with van der Waals surface area (Å²) in [4.78, 5) is -0.115. The number of nitrogens with zero attached hydrogens (tertiary/aromatic N) is 1. The number of anilines is 1. The molecule has 2 N–H and O–H groups in total. The van der Waals surface area contributed by atoms with Gasteiger partial charge in [-0.1, -0.05) is 0 Å². The molecule has 0 radical (unpaired) electrons. The van der Waals surface area contributed by atoms with Gasteiger partial charge in [-0.15, -0.1) is 0 Å². The molecule has 1 fully saturated rings. The molecule has 2 rings (SSSR count). The number of benzene rings is 1. The van der Waals surface area contributed by atoms with E-state index in [9.17, 15) is 12.8 Å². The number of morpholine rings is 1. The Hall–Kier alpha value is -1.18. The molecule has 5 nitrogen and oxygen atoms in total. The molecular formula is C13H19FN2O3S. The summed E-state index contributed by atoms with van der Waals surface area (Å²) < 4.78 is 45.6. The van der Waals surface area contributed by atoms with Gasteiger partial charge in [0.25, 0.3) is 0 Å². The normalized spacial score (nSPS) is 20.0. The lowest BCUT2D eigenvalue weighted by atomic mass is 10.1. The van der Waals surface area contributed by atoms with E-state index < -0.39 is 21.4 Å². The summed E-state index contributed by atoms with van der Waals surface area (Å²) in [7, 11) is -3.76. The highest BCUT2D eigenvalue weighted by Gasteiger charge is 2.35. The van der Waals surface area contributed by atoms with E-state index >= 15 is 0 Å². The van der Waals surface area contributed by atoms with E-state index in [1.807, 2.05) is 13.8 Å². The van der Waals surface area contributed by atoms with Crippen molar-refractivity contribution in [2.75, 3.05) is 25.4 Å². The predicted octanol–water partition coefficient (Wildman–Crippen LogP) is 1.52. The zero-order chi connectivity index (χ0) is 15.1. The molecule has 0 atom stereocenters. The van der Waals surface area contributed by atoms with E-state index in [0.717, 1.165) is 6.07 Å². The first-order valence-corrected chi connectivity index (χ1v) is 7.77. The Morgan fingerprint density at radius 3 is 2.60 bits per heavy atom. The third-order valence-corrected chi connectivity index (χ3v) is 5.21. The van der Waals surface area contributed by atoms with Gasteiger partial charge in [-0.25, -0.2) is 12.8 Å². The third kappa shape index (κ3) is 2.79. The van der Waals surface area contributed by atoms with Crippen molar-refractivity contribution in [3.05, 3.63) is 23.5 Å². The first-order valence-electron chi connectivity index (χ1n) is 6.33. The number of sulfonamides is 1. The van der Waals surface area contributed by atoms with E-state index in [1.54, 1.807) is 0 Å². The van der Waals surface area contributed by atoms with Crippen molar-refractivity contribution in [1.82, 2.24) is 4.31 Å². The average Bonchev–Trinajstić information content (AvgIpc) is 2.34. The second-order valence-corrected chi connectivity index (χ2v) is 7.50. The van der Waals surface area contributed by atoms with Gasteiger partial charge in [0.2, 0.25) is 10.0 Å². The van der Waals surface area contributed by atoms with Crippen LogP contribution in [0.5, 0.6) is 0 Å². The minimum atomic E-state index is -3.76. The molecule has 0 saturated carbocycles. The van der Waals surface area contributed by atoms with Gasteiger partial charge in [0.1, 0.15) is 5.82 Å². The maximum atomic E-state index is 13.7. The molecule has 0 spiro atoms. The van der Waals surface area contributed by atoms with Crippen LogP contribution in [0.15, 0.2) is 17.0 Å². The molecule has 112 valence electrons. The Labute approximate surface area is 118 Å². The molecule has 1 heterocycles. The van der Waals surface area contributed by atoms with Crippen molar-refractivity contribution in [3.63, 3.8) is 0 Å². The highest BCUT2D eigenvalue weighted by Crippen LogP contribution is 2.27. The minimum absolute atomic E-state index is 0.115. The summed E-state index contributed by atoms with van der Waals surface area (Å²) in [6.07, 6.45) is 0. The van der Waals surface area contributed by atoms with Crippen LogP contribution in [0.3, 0.4) is 0 Å². The number of nitrogens with two attached hydrogens (primary N) is 1. The van der Waals surface area contributed by atoms with Crippen LogP contribution in [0.1, 0.15) is 19.4 Å². The van der Waals surface area contributed by atoms with Gasteiger partial charge in [-0.3, -0.25) is 0 Å². The van der Waals surface area contributed by atoms with Crippen LogP contribution < -0.4 is 5.73 Å². The van der Waals surface area contributed by atoms with Gasteiger partial charge in [0.05, 0.1) is 17.1 Å². The number of hydrogen-bond acceptors (Lipinski definition) is 4. The van der Waals surface area contributed by atoms with Crippen LogP contribution in [0.2, 0.25) is 0 Å². The Balaban J connectivity index is 2.40. The first kappa shape index (κ1) is 15.2. The number of ether oxygens (including phenoxy) is 1. The molecule has 0 unspecified atom stereocenters. The SMILES string of the molecule is Cc1c(N)cc(S(=O)(=O)N2CCOC(C)(C)C2)cc1F. The van der Waals surface area contributed by atoms with Crippen molar-refractivity contribution in [3.8, 4) is 0 Å². The number of halogens is 1. The zero-order valence-corrected chi connectivity index (χ0v) is 12.6. The smallest absolute Gasteiger partial charge is 0.243 e. The summed E-state index contributed by atoms with van der Waals surface area (Å²) in [5.41, 5.74) is 5.49. The Bertz CT molecular complexity index is 605. The molecular weight excluding hydrogens is 283 g/mol. The average molecular weight is 302 g/mol. The summed E-state index contributed by atoms with van der Waals surface area (Å²) >= 11 is 0. The quantitative estimate of drug-likeness (QED) is 0.841. The maximum Gasteiger partial charge on any atom is 0.243 e. The molecule has 0 bridgehead atoms. The topological polar surface area (TPSA) is 72.6 Å². The molecule has 7 heteroatoms. The van der Waals surface area contributed by atoms with E-state index in [-0.39, 0.29) is 29.2 Å². The van der Waals surface area contributed by atoms with Crippen molar-refractivity contribution in [2.24, 2.45) is 0 Å². The van der Waals surface area contributed by atoms with Gasteiger partial charge >= 0.3 is 0 Å². The molecule has 1 aromatic carbocycles. The molecule has 0 aliphatic carbocycles. The molecule has 1 aliphatic rings. The standard InChI is InChI=1S/C13H19FN2O3S/c1-9-11(14)6-10(7-12(9)15)20(17,18)16-4-5-19-13(2,3)8-16/h6-7H,4-5,8,15H2,1-3H3. The minimum Gasteiger partial charge on any atom is -0.398 e. The van der Waals surface area contributed by atoms with Crippen LogP contribution in [0.25, 0.3) is 0 Å². The molecule has 1 aromatic rings. The fourth-order valence-electron chi connectivity index (χ4n) is 2.15. The Morgan fingerprint density at radius 2 is 2.05 bits per heavy atom. The van der Waals surface area contributed by atoms with Gasteiger partial charge in [0, 0.05) is 24.3 Å². The highest BCUT2D eigenvalue weighted by molar-refractivity contribution is 7.89. The number of nitrogen functional groups attached to an aromatic ring is 1. The molecule has 0 amide bonds. The van der Waals surface area contributed by atoms with Gasteiger partial charge in [0.15, 0.2) is 0 Å². The zero-order valence-electron chi connectivity index (χ0n) is 11.8. The lowest BCUT2D eigenvalue weighted by molar-refractivity contribution is -0.0640. The number of rotatable bonds is 2. The third-order valence-electron chi connectivity index (χ3n) is 3.39. The van der Waals surface area contributed by atoms with Gasteiger partial charge in [-0.05, 0) is 32.9 Å². The van der Waals surface area contributed by atoms with Crippen LogP contribution >= 0.6 is 0 Å². The molecule has 1 saturated heterocycles. The van der Waals surface area contributed by atoms with E-state index in [1.165, 1.54) is 17.3 Å². The van der Waals surface area contributed by atoms with Crippen molar-refractivity contribution in [1.29, 1.82) is 0 Å². The van der Waals surface area contributed by atoms with Crippen molar-refractivity contribution in [2.45, 2.75) is 31.3 Å². The van der Waals surface area contributed by atoms with Crippen LogP contribution in [-0.4, -0.2) is 38.0 Å². The second-order valence-electron chi connectivity index (χ2n) is 5.57. The fourth-order valence-corrected chi connectivity index (χ4v) is 3.77. The van der Waals surface area contributed by atoms with E-state index in [4.69, 9.17) is 10.5 Å². The van der Waals surface area contributed by atoms with E-state index in [0.29, 0.717) is 6.61 Å². The summed E-state index contributed by atoms with van der Waals surface area (Å²) in [5.74, 6) is -0.615. The summed E-state index contributed by atoms with van der Waals surface area (Å²) in [5, 5.41) is 0. The van der Waals surface area contributed by atoms with Crippen LogP contribution in [-0.2, 0) is 14.8 Å². The summed E-state index contributed by atoms with van der Waals surface area (Å²) in [6.45, 7) is 5.94. The molecule has 1 aliphatic heterocycles.